The van der Waals surface area contributed by atoms with Crippen molar-refractivity contribution in [3.8, 4) is 0 Å². The van der Waals surface area contributed by atoms with Crippen LogP contribution in [0.15, 0.2) is 48.9 Å². The number of urea groups is 1. The molecule has 0 aliphatic carbocycles. The summed E-state index contributed by atoms with van der Waals surface area (Å²) in [5, 5.41) is 10.9. The average molecular weight is 341 g/mol. The largest absolute Gasteiger partial charge is 0.334 e. The van der Waals surface area contributed by atoms with Crippen molar-refractivity contribution in [3.63, 3.8) is 0 Å². The van der Waals surface area contributed by atoms with Gasteiger partial charge < -0.3 is 10.6 Å². The summed E-state index contributed by atoms with van der Waals surface area (Å²) in [4.78, 5) is 17.1. The van der Waals surface area contributed by atoms with Gasteiger partial charge in [-0.25, -0.2) is 9.78 Å². The van der Waals surface area contributed by atoms with E-state index in [0.29, 0.717) is 13.1 Å². The highest BCUT2D eigenvalue weighted by molar-refractivity contribution is 7.11. The number of hydrogen-bond donors (Lipinski definition) is 2. The van der Waals surface area contributed by atoms with E-state index in [0.717, 1.165) is 27.6 Å². The van der Waals surface area contributed by atoms with Gasteiger partial charge >= 0.3 is 6.03 Å². The van der Waals surface area contributed by atoms with Gasteiger partial charge in [0.15, 0.2) is 0 Å². The molecule has 2 heterocycles. The lowest BCUT2D eigenvalue weighted by molar-refractivity contribution is 0.240. The minimum absolute atomic E-state index is 0.182. The molecule has 3 rings (SSSR count). The molecular weight excluding hydrogens is 322 g/mol. The standard InChI is InChI=1S/C17H19N5OS/c1-13-18-10-16(24-13)11-20-17(23)19-9-14-4-2-5-15(8-14)12-22-7-3-6-21-22/h2-8,10H,9,11-12H2,1H3,(H2,19,20,23). The lowest BCUT2D eigenvalue weighted by atomic mass is 10.1. The van der Waals surface area contributed by atoms with Crippen molar-refractivity contribution in [2.75, 3.05) is 0 Å². The molecule has 0 aliphatic heterocycles. The molecule has 0 unspecified atom stereocenters. The van der Waals surface area contributed by atoms with E-state index in [-0.39, 0.29) is 6.03 Å². The zero-order valence-corrected chi connectivity index (χ0v) is 14.2. The molecule has 2 aromatic heterocycles. The Morgan fingerprint density at radius 1 is 1.21 bits per heavy atom. The van der Waals surface area contributed by atoms with Gasteiger partial charge in [0.05, 0.1) is 18.1 Å². The molecule has 2 amide bonds. The predicted molar refractivity (Wildman–Crippen MR) is 93.7 cm³/mol. The van der Waals surface area contributed by atoms with E-state index in [1.165, 1.54) is 0 Å². The van der Waals surface area contributed by atoms with Gasteiger partial charge in [0.2, 0.25) is 0 Å². The molecule has 24 heavy (non-hydrogen) atoms. The molecule has 0 aliphatic rings. The number of nitrogens with one attached hydrogen (secondary N) is 2. The Morgan fingerprint density at radius 2 is 2.04 bits per heavy atom. The Morgan fingerprint density at radius 3 is 2.79 bits per heavy atom. The second kappa shape index (κ2) is 7.74. The second-order valence-electron chi connectivity index (χ2n) is 5.41. The van der Waals surface area contributed by atoms with Crippen LogP contribution < -0.4 is 10.6 Å². The van der Waals surface area contributed by atoms with Crippen molar-refractivity contribution in [2.24, 2.45) is 0 Å². The number of carbonyl (C=O) groups is 1. The Labute approximate surface area is 144 Å². The van der Waals surface area contributed by atoms with Crippen LogP contribution in [0.1, 0.15) is 21.0 Å². The van der Waals surface area contributed by atoms with Crippen LogP contribution in [0.3, 0.4) is 0 Å². The zero-order chi connectivity index (χ0) is 16.8. The van der Waals surface area contributed by atoms with Crippen LogP contribution in [0.4, 0.5) is 4.79 Å². The van der Waals surface area contributed by atoms with E-state index < -0.39 is 0 Å². The maximum atomic E-state index is 11.9. The third kappa shape index (κ3) is 4.66. The average Bonchev–Trinajstić information content (AvgIpc) is 3.23. The molecule has 6 nitrogen and oxygen atoms in total. The molecule has 7 heteroatoms. The summed E-state index contributed by atoms with van der Waals surface area (Å²) in [5.41, 5.74) is 2.21. The van der Waals surface area contributed by atoms with Crippen LogP contribution in [0.5, 0.6) is 0 Å². The van der Waals surface area contributed by atoms with Gasteiger partial charge in [0.25, 0.3) is 0 Å². The SMILES string of the molecule is Cc1ncc(CNC(=O)NCc2cccc(Cn3cccn3)c2)s1. The van der Waals surface area contributed by atoms with Crippen LogP contribution >= 0.6 is 11.3 Å². The maximum Gasteiger partial charge on any atom is 0.315 e. The first-order valence-electron chi connectivity index (χ1n) is 7.67. The summed E-state index contributed by atoms with van der Waals surface area (Å²) in [6, 6.07) is 9.85. The number of amides is 2. The topological polar surface area (TPSA) is 71.8 Å². The van der Waals surface area contributed by atoms with Gasteiger partial charge in [-0.2, -0.15) is 5.10 Å². The summed E-state index contributed by atoms with van der Waals surface area (Å²) < 4.78 is 1.87. The lowest BCUT2D eigenvalue weighted by Crippen LogP contribution is -2.34. The van der Waals surface area contributed by atoms with Crippen molar-refractivity contribution in [1.82, 2.24) is 25.4 Å². The summed E-state index contributed by atoms with van der Waals surface area (Å²) in [6.45, 7) is 3.65. The maximum absolute atomic E-state index is 11.9. The molecular formula is C17H19N5OS. The Kier molecular flexibility index (Phi) is 5.22. The third-order valence-corrected chi connectivity index (χ3v) is 4.35. The molecule has 124 valence electrons. The van der Waals surface area contributed by atoms with Crippen LogP contribution in [-0.4, -0.2) is 20.8 Å². The number of aryl methyl sites for hydroxylation is 1. The molecule has 0 radical (unpaired) electrons. The Bertz CT molecular complexity index is 797. The van der Waals surface area contributed by atoms with E-state index in [1.54, 1.807) is 23.7 Å². The fourth-order valence-corrected chi connectivity index (χ4v) is 3.05. The fourth-order valence-electron chi connectivity index (χ4n) is 2.32. The van der Waals surface area contributed by atoms with Gasteiger partial charge in [-0.05, 0) is 24.1 Å². The quantitative estimate of drug-likeness (QED) is 0.724. The highest BCUT2D eigenvalue weighted by atomic mass is 32.1. The van der Waals surface area contributed by atoms with E-state index in [2.05, 4.69) is 32.8 Å². The summed E-state index contributed by atoms with van der Waals surface area (Å²) >= 11 is 1.59. The van der Waals surface area contributed by atoms with Crippen molar-refractivity contribution < 1.29 is 4.79 Å². The van der Waals surface area contributed by atoms with Crippen LogP contribution in [0.25, 0.3) is 0 Å². The van der Waals surface area contributed by atoms with E-state index in [1.807, 2.05) is 36.0 Å². The summed E-state index contributed by atoms with van der Waals surface area (Å²) in [5.74, 6) is 0. The number of thiazole rings is 1. The number of benzene rings is 1. The summed E-state index contributed by atoms with van der Waals surface area (Å²) in [7, 11) is 0. The van der Waals surface area contributed by atoms with Crippen molar-refractivity contribution in [2.45, 2.75) is 26.6 Å². The van der Waals surface area contributed by atoms with Gasteiger partial charge in [-0.15, -0.1) is 11.3 Å². The molecule has 0 fully saturated rings. The number of nitrogens with zero attached hydrogens (tertiary/aromatic N) is 3. The van der Waals surface area contributed by atoms with E-state index in [4.69, 9.17) is 0 Å². The Hall–Kier alpha value is -2.67. The molecule has 0 saturated heterocycles. The van der Waals surface area contributed by atoms with E-state index >= 15 is 0 Å². The van der Waals surface area contributed by atoms with E-state index in [9.17, 15) is 4.79 Å². The number of rotatable bonds is 6. The number of hydrogen-bond acceptors (Lipinski definition) is 4. The zero-order valence-electron chi connectivity index (χ0n) is 13.4. The van der Waals surface area contributed by atoms with Gasteiger partial charge in [0.1, 0.15) is 0 Å². The molecule has 0 atom stereocenters. The Balaban J connectivity index is 1.48. The van der Waals surface area contributed by atoms with Crippen molar-refractivity contribution >= 4 is 17.4 Å². The smallest absolute Gasteiger partial charge is 0.315 e. The molecule has 1 aromatic carbocycles. The fraction of sp³-hybridized carbons (Fsp3) is 0.235. The first-order chi connectivity index (χ1) is 11.7. The second-order valence-corrected chi connectivity index (χ2v) is 6.72. The molecule has 0 bridgehead atoms. The normalized spacial score (nSPS) is 10.5. The highest BCUT2D eigenvalue weighted by Crippen LogP contribution is 2.10. The van der Waals surface area contributed by atoms with Gasteiger partial charge in [-0.3, -0.25) is 4.68 Å². The molecule has 3 aromatic rings. The minimum Gasteiger partial charge on any atom is -0.334 e. The number of aromatic nitrogens is 3. The van der Waals surface area contributed by atoms with Crippen LogP contribution in [0.2, 0.25) is 0 Å². The summed E-state index contributed by atoms with van der Waals surface area (Å²) in [6.07, 6.45) is 5.49. The molecule has 0 spiro atoms. The third-order valence-electron chi connectivity index (χ3n) is 3.44. The van der Waals surface area contributed by atoms with Crippen LogP contribution in [0, 0.1) is 6.92 Å². The molecule has 2 N–H and O–H groups in total. The predicted octanol–water partition coefficient (Wildman–Crippen LogP) is 2.70. The first-order valence-corrected chi connectivity index (χ1v) is 8.49. The molecule has 0 saturated carbocycles. The van der Waals surface area contributed by atoms with Gasteiger partial charge in [0, 0.05) is 30.0 Å². The van der Waals surface area contributed by atoms with Crippen molar-refractivity contribution in [1.29, 1.82) is 0 Å². The monoisotopic (exact) mass is 341 g/mol. The van der Waals surface area contributed by atoms with Gasteiger partial charge in [-0.1, -0.05) is 24.3 Å². The number of carbonyl (C=O) groups excluding carboxylic acids is 1. The first kappa shape index (κ1) is 16.2. The lowest BCUT2D eigenvalue weighted by Gasteiger charge is -2.08. The highest BCUT2D eigenvalue weighted by Gasteiger charge is 2.04. The minimum atomic E-state index is -0.182. The van der Waals surface area contributed by atoms with Crippen LogP contribution in [-0.2, 0) is 19.6 Å². The van der Waals surface area contributed by atoms with Crippen molar-refractivity contribution in [3.05, 3.63) is 69.9 Å².